The van der Waals surface area contributed by atoms with Crippen LogP contribution in [-0.4, -0.2) is 22.8 Å². The van der Waals surface area contributed by atoms with E-state index in [1.165, 1.54) is 22.9 Å². The molecule has 0 saturated carbocycles. The van der Waals surface area contributed by atoms with E-state index in [1.807, 2.05) is 6.07 Å². The number of carbonyl (C=O) groups excluding carboxylic acids is 1. The third kappa shape index (κ3) is 4.49. The first-order valence-electron chi connectivity index (χ1n) is 10.5. The van der Waals surface area contributed by atoms with Crippen LogP contribution >= 0.6 is 0 Å². The maximum Gasteiger partial charge on any atom is 0.435 e. The summed E-state index contributed by atoms with van der Waals surface area (Å²) in [6.45, 7) is 1.72. The SMILES string of the molecule is COc1ccc(-n2nc(C(F)(F)F)cc2CNC(=O)C(C)c2ccc3c(c2)CCC3)cc1. The monoisotopic (exact) mass is 443 g/mol. The quantitative estimate of drug-likeness (QED) is 0.595. The maximum atomic E-state index is 13.3. The second-order valence-electron chi connectivity index (χ2n) is 7.95. The van der Waals surface area contributed by atoms with E-state index in [4.69, 9.17) is 4.74 Å². The number of halogens is 3. The molecule has 1 heterocycles. The first-order chi connectivity index (χ1) is 15.3. The van der Waals surface area contributed by atoms with Gasteiger partial charge in [0.1, 0.15) is 5.75 Å². The van der Waals surface area contributed by atoms with Gasteiger partial charge in [0.05, 0.1) is 31.0 Å². The average Bonchev–Trinajstić information content (AvgIpc) is 3.43. The van der Waals surface area contributed by atoms with E-state index in [0.717, 1.165) is 30.9 Å². The molecule has 4 rings (SSSR count). The Morgan fingerprint density at radius 1 is 1.12 bits per heavy atom. The summed E-state index contributed by atoms with van der Waals surface area (Å²) in [7, 11) is 1.51. The van der Waals surface area contributed by atoms with Crippen LogP contribution in [0.25, 0.3) is 5.69 Å². The number of carbonyl (C=O) groups is 1. The van der Waals surface area contributed by atoms with Gasteiger partial charge in [-0.2, -0.15) is 18.3 Å². The fourth-order valence-corrected chi connectivity index (χ4v) is 3.97. The number of aryl methyl sites for hydroxylation is 2. The lowest BCUT2D eigenvalue weighted by Gasteiger charge is -2.15. The Morgan fingerprint density at radius 2 is 1.84 bits per heavy atom. The highest BCUT2D eigenvalue weighted by molar-refractivity contribution is 5.83. The van der Waals surface area contributed by atoms with Crippen LogP contribution in [0.1, 0.15) is 47.3 Å². The number of nitrogens with zero attached hydrogens (tertiary/aromatic N) is 2. The molecular formula is C24H24F3N3O2. The lowest BCUT2D eigenvalue weighted by atomic mass is 9.96. The molecule has 1 unspecified atom stereocenters. The number of aromatic nitrogens is 2. The highest BCUT2D eigenvalue weighted by atomic mass is 19.4. The number of rotatable bonds is 6. The Bertz CT molecular complexity index is 1120. The summed E-state index contributed by atoms with van der Waals surface area (Å²) in [5, 5.41) is 6.50. The van der Waals surface area contributed by atoms with Crippen molar-refractivity contribution in [2.24, 2.45) is 0 Å². The fraction of sp³-hybridized carbons (Fsp3) is 0.333. The number of nitrogens with one attached hydrogen (secondary N) is 1. The maximum absolute atomic E-state index is 13.3. The van der Waals surface area contributed by atoms with Gasteiger partial charge in [-0.3, -0.25) is 4.79 Å². The molecule has 168 valence electrons. The Labute approximate surface area is 184 Å². The van der Waals surface area contributed by atoms with Gasteiger partial charge in [-0.05, 0) is 73.2 Å². The van der Waals surface area contributed by atoms with Crippen LogP contribution in [0.5, 0.6) is 5.75 Å². The molecule has 0 fully saturated rings. The molecule has 1 atom stereocenters. The second kappa shape index (κ2) is 8.68. The van der Waals surface area contributed by atoms with Crippen LogP contribution in [-0.2, 0) is 30.4 Å². The van der Waals surface area contributed by atoms with Gasteiger partial charge in [0.15, 0.2) is 5.69 Å². The van der Waals surface area contributed by atoms with Gasteiger partial charge in [0, 0.05) is 0 Å². The number of ether oxygens (including phenoxy) is 1. The first kappa shape index (κ1) is 21.9. The summed E-state index contributed by atoms with van der Waals surface area (Å²) in [6, 6.07) is 13.6. The summed E-state index contributed by atoms with van der Waals surface area (Å²) in [4.78, 5) is 12.8. The number of methoxy groups -OCH3 is 1. The standard InChI is InChI=1S/C24H24F3N3O2/c1-15(17-7-6-16-4-3-5-18(16)12-17)23(31)28-14-20-13-22(24(25,26)27)29-30(20)19-8-10-21(32-2)11-9-19/h6-13,15H,3-5,14H2,1-2H3,(H,28,31). The van der Waals surface area contributed by atoms with Gasteiger partial charge in [-0.15, -0.1) is 0 Å². The highest BCUT2D eigenvalue weighted by Crippen LogP contribution is 2.30. The number of alkyl halides is 3. The van der Waals surface area contributed by atoms with Gasteiger partial charge in [0.2, 0.25) is 5.91 Å². The fourth-order valence-electron chi connectivity index (χ4n) is 3.97. The molecule has 0 saturated heterocycles. The minimum absolute atomic E-state index is 0.0801. The Hall–Kier alpha value is -3.29. The van der Waals surface area contributed by atoms with Crippen molar-refractivity contribution < 1.29 is 22.7 Å². The van der Waals surface area contributed by atoms with Gasteiger partial charge in [-0.1, -0.05) is 18.2 Å². The lowest BCUT2D eigenvalue weighted by Crippen LogP contribution is -2.28. The minimum atomic E-state index is -4.59. The molecule has 1 aliphatic rings. The minimum Gasteiger partial charge on any atom is -0.497 e. The number of benzene rings is 2. The number of hydrogen-bond donors (Lipinski definition) is 1. The number of fused-ring (bicyclic) bond motifs is 1. The van der Waals surface area contributed by atoms with E-state index in [0.29, 0.717) is 11.4 Å². The molecule has 0 aliphatic heterocycles. The molecule has 0 radical (unpaired) electrons. The second-order valence-corrected chi connectivity index (χ2v) is 7.95. The third-order valence-electron chi connectivity index (χ3n) is 5.85. The van der Waals surface area contributed by atoms with Crippen LogP contribution < -0.4 is 10.1 Å². The molecule has 1 aliphatic carbocycles. The van der Waals surface area contributed by atoms with E-state index >= 15 is 0 Å². The Morgan fingerprint density at radius 3 is 2.53 bits per heavy atom. The molecule has 8 heteroatoms. The van der Waals surface area contributed by atoms with Crippen molar-refractivity contribution in [2.45, 2.75) is 44.8 Å². The molecule has 0 spiro atoms. The predicted molar refractivity (Wildman–Crippen MR) is 114 cm³/mol. The smallest absolute Gasteiger partial charge is 0.435 e. The van der Waals surface area contributed by atoms with Gasteiger partial charge < -0.3 is 10.1 Å². The molecular weight excluding hydrogens is 419 g/mol. The first-order valence-corrected chi connectivity index (χ1v) is 10.5. The normalized spacial score (nSPS) is 14.2. The topological polar surface area (TPSA) is 56.1 Å². The molecule has 1 aromatic heterocycles. The lowest BCUT2D eigenvalue weighted by molar-refractivity contribution is -0.141. The number of amides is 1. The summed E-state index contributed by atoms with van der Waals surface area (Å²) < 4.78 is 46.2. The largest absolute Gasteiger partial charge is 0.497 e. The van der Waals surface area contributed by atoms with E-state index in [2.05, 4.69) is 22.5 Å². The molecule has 32 heavy (non-hydrogen) atoms. The molecule has 3 aromatic rings. The highest BCUT2D eigenvalue weighted by Gasteiger charge is 2.35. The van der Waals surface area contributed by atoms with Crippen LogP contribution in [0, 0.1) is 0 Å². The van der Waals surface area contributed by atoms with Crippen LogP contribution in [0.15, 0.2) is 48.5 Å². The summed E-state index contributed by atoms with van der Waals surface area (Å²) in [5.41, 5.74) is 3.17. The van der Waals surface area contributed by atoms with E-state index in [1.54, 1.807) is 31.2 Å². The van der Waals surface area contributed by atoms with Crippen molar-refractivity contribution in [1.29, 1.82) is 0 Å². The summed E-state index contributed by atoms with van der Waals surface area (Å²) in [6.07, 6.45) is -1.39. The Balaban J connectivity index is 1.53. The molecule has 5 nitrogen and oxygen atoms in total. The van der Waals surface area contributed by atoms with Crippen LogP contribution in [0.4, 0.5) is 13.2 Å². The summed E-state index contributed by atoms with van der Waals surface area (Å²) >= 11 is 0. The van der Waals surface area contributed by atoms with Gasteiger partial charge in [0.25, 0.3) is 0 Å². The zero-order valence-corrected chi connectivity index (χ0v) is 17.9. The van der Waals surface area contributed by atoms with E-state index in [-0.39, 0.29) is 18.1 Å². The van der Waals surface area contributed by atoms with Gasteiger partial charge >= 0.3 is 6.18 Å². The summed E-state index contributed by atoms with van der Waals surface area (Å²) in [5.74, 6) is -0.0886. The van der Waals surface area contributed by atoms with Crippen molar-refractivity contribution in [2.75, 3.05) is 7.11 Å². The van der Waals surface area contributed by atoms with Crippen LogP contribution in [0.3, 0.4) is 0 Å². The van der Waals surface area contributed by atoms with Crippen molar-refractivity contribution in [3.05, 3.63) is 76.6 Å². The third-order valence-corrected chi connectivity index (χ3v) is 5.85. The van der Waals surface area contributed by atoms with Gasteiger partial charge in [-0.25, -0.2) is 4.68 Å². The zero-order chi connectivity index (χ0) is 22.9. The number of hydrogen-bond acceptors (Lipinski definition) is 3. The average molecular weight is 443 g/mol. The molecule has 1 amide bonds. The van der Waals surface area contributed by atoms with Crippen LogP contribution in [0.2, 0.25) is 0 Å². The van der Waals surface area contributed by atoms with E-state index < -0.39 is 17.8 Å². The van der Waals surface area contributed by atoms with Crippen molar-refractivity contribution in [3.8, 4) is 11.4 Å². The predicted octanol–water partition coefficient (Wildman–Crippen LogP) is 4.81. The molecule has 2 aromatic carbocycles. The van der Waals surface area contributed by atoms with Crippen molar-refractivity contribution >= 4 is 5.91 Å². The van der Waals surface area contributed by atoms with Crippen molar-refractivity contribution in [1.82, 2.24) is 15.1 Å². The Kier molecular flexibility index (Phi) is 5.95. The van der Waals surface area contributed by atoms with Crippen molar-refractivity contribution in [3.63, 3.8) is 0 Å². The molecule has 0 bridgehead atoms. The molecule has 1 N–H and O–H groups in total. The van der Waals surface area contributed by atoms with E-state index in [9.17, 15) is 18.0 Å². The zero-order valence-electron chi connectivity index (χ0n) is 17.9.